The van der Waals surface area contributed by atoms with Crippen LogP contribution < -0.4 is 4.90 Å². The quantitative estimate of drug-likeness (QED) is 0.808. The summed E-state index contributed by atoms with van der Waals surface area (Å²) < 4.78 is 5.25. The lowest BCUT2D eigenvalue weighted by Gasteiger charge is -2.35. The molecule has 0 saturated carbocycles. The van der Waals surface area contributed by atoms with Crippen LogP contribution in [0.3, 0.4) is 0 Å². The number of aromatic nitrogens is 1. The molecule has 0 N–H and O–H groups in total. The Morgan fingerprint density at radius 2 is 1.81 bits per heavy atom. The van der Waals surface area contributed by atoms with Crippen molar-refractivity contribution in [3.63, 3.8) is 0 Å². The Hall–Kier alpha value is -2.18. The van der Waals surface area contributed by atoms with Gasteiger partial charge in [-0.3, -0.25) is 9.69 Å². The summed E-state index contributed by atoms with van der Waals surface area (Å²) in [7, 11) is 0. The average Bonchev–Trinajstić information content (AvgIpc) is 3.25. The summed E-state index contributed by atoms with van der Waals surface area (Å²) in [5.41, 5.74) is 4.62. The third-order valence-corrected chi connectivity index (χ3v) is 5.87. The summed E-state index contributed by atoms with van der Waals surface area (Å²) >= 11 is 0. The fourth-order valence-electron chi connectivity index (χ4n) is 4.17. The Bertz CT molecular complexity index is 789. The lowest BCUT2D eigenvalue weighted by molar-refractivity contribution is -0.120. The molecule has 2 aliphatic rings. The molecule has 2 aliphatic heterocycles. The minimum atomic E-state index is 0.226. The van der Waals surface area contributed by atoms with E-state index >= 15 is 0 Å². The maximum absolute atomic E-state index is 12.8. The van der Waals surface area contributed by atoms with Crippen molar-refractivity contribution in [2.75, 3.05) is 50.7 Å². The lowest BCUT2D eigenvalue weighted by Crippen LogP contribution is -2.50. The van der Waals surface area contributed by atoms with Crippen LogP contribution in [0.5, 0.6) is 0 Å². The highest BCUT2D eigenvalue weighted by atomic mass is 16.5. The normalized spacial score (nSPS) is 18.1. The molecule has 4 rings (SSSR count). The van der Waals surface area contributed by atoms with Gasteiger partial charge in [-0.05, 0) is 38.3 Å². The van der Waals surface area contributed by atoms with Crippen LogP contribution in [-0.4, -0.2) is 66.7 Å². The molecule has 1 fully saturated rings. The zero-order valence-corrected chi connectivity index (χ0v) is 16.3. The van der Waals surface area contributed by atoms with Crippen LogP contribution in [0, 0.1) is 13.8 Å². The molecule has 6 heteroatoms. The molecule has 1 amide bonds. The van der Waals surface area contributed by atoms with Crippen LogP contribution >= 0.6 is 0 Å². The molecule has 0 radical (unpaired) electrons. The van der Waals surface area contributed by atoms with Crippen molar-refractivity contribution in [3.05, 3.63) is 46.8 Å². The number of para-hydroxylation sites is 1. The first-order chi connectivity index (χ1) is 13.1. The summed E-state index contributed by atoms with van der Waals surface area (Å²) in [5.74, 6) is 1.16. The van der Waals surface area contributed by atoms with Gasteiger partial charge in [0.15, 0.2) is 0 Å². The van der Waals surface area contributed by atoms with E-state index in [1.807, 2.05) is 24.8 Å². The van der Waals surface area contributed by atoms with Gasteiger partial charge in [-0.1, -0.05) is 23.4 Å². The van der Waals surface area contributed by atoms with E-state index in [9.17, 15) is 4.79 Å². The van der Waals surface area contributed by atoms with E-state index in [2.05, 4.69) is 33.2 Å². The molecule has 6 nitrogen and oxygen atoms in total. The molecule has 27 heavy (non-hydrogen) atoms. The number of hydrogen-bond donors (Lipinski definition) is 0. The molecule has 1 aromatic heterocycles. The number of anilines is 1. The molecule has 1 saturated heterocycles. The Labute approximate surface area is 160 Å². The van der Waals surface area contributed by atoms with Gasteiger partial charge in [-0.15, -0.1) is 0 Å². The van der Waals surface area contributed by atoms with Crippen LogP contribution in [0.15, 0.2) is 28.8 Å². The first-order valence-electron chi connectivity index (χ1n) is 9.86. The minimum Gasteiger partial charge on any atom is -0.361 e. The standard InChI is InChI=1S/C21H28N4O2/c1-16-19(17(2)27-22-16)8-9-23-11-13-24(14-12-23)15-21(26)25-10-7-18-5-3-4-6-20(18)25/h3-6H,7-15H2,1-2H3. The van der Waals surface area contributed by atoms with E-state index < -0.39 is 0 Å². The number of benzene rings is 1. The highest BCUT2D eigenvalue weighted by Crippen LogP contribution is 2.27. The molecule has 3 heterocycles. The van der Waals surface area contributed by atoms with Crippen molar-refractivity contribution in [1.29, 1.82) is 0 Å². The number of rotatable bonds is 5. The minimum absolute atomic E-state index is 0.226. The number of amides is 1. The second-order valence-corrected chi connectivity index (χ2v) is 7.59. The first-order valence-corrected chi connectivity index (χ1v) is 9.86. The van der Waals surface area contributed by atoms with Crippen molar-refractivity contribution in [2.24, 2.45) is 0 Å². The van der Waals surface area contributed by atoms with E-state index in [1.54, 1.807) is 0 Å². The second-order valence-electron chi connectivity index (χ2n) is 7.59. The van der Waals surface area contributed by atoms with Crippen molar-refractivity contribution in [2.45, 2.75) is 26.7 Å². The summed E-state index contributed by atoms with van der Waals surface area (Å²) in [6, 6.07) is 8.25. The van der Waals surface area contributed by atoms with Gasteiger partial charge in [0.25, 0.3) is 0 Å². The fraction of sp³-hybridized carbons (Fsp3) is 0.524. The van der Waals surface area contributed by atoms with Gasteiger partial charge in [-0.25, -0.2) is 0 Å². The average molecular weight is 368 g/mol. The monoisotopic (exact) mass is 368 g/mol. The molecule has 1 aromatic carbocycles. The van der Waals surface area contributed by atoms with E-state index in [0.717, 1.165) is 69.3 Å². The number of hydrogen-bond acceptors (Lipinski definition) is 5. The highest BCUT2D eigenvalue weighted by Gasteiger charge is 2.27. The zero-order valence-electron chi connectivity index (χ0n) is 16.3. The third-order valence-electron chi connectivity index (χ3n) is 5.87. The number of carbonyl (C=O) groups is 1. The number of carbonyl (C=O) groups excluding carboxylic acids is 1. The maximum atomic E-state index is 12.8. The van der Waals surface area contributed by atoms with E-state index in [4.69, 9.17) is 4.52 Å². The third kappa shape index (κ3) is 3.92. The van der Waals surface area contributed by atoms with Gasteiger partial charge in [-0.2, -0.15) is 0 Å². The van der Waals surface area contributed by atoms with Crippen LogP contribution in [0.25, 0.3) is 0 Å². The molecular weight excluding hydrogens is 340 g/mol. The number of piperazine rings is 1. The summed E-state index contributed by atoms with van der Waals surface area (Å²) in [6.07, 6.45) is 1.95. The van der Waals surface area contributed by atoms with Crippen LogP contribution in [-0.2, 0) is 17.6 Å². The van der Waals surface area contributed by atoms with Gasteiger partial charge in [0.2, 0.25) is 5.91 Å². The number of fused-ring (bicyclic) bond motifs is 1. The fourth-order valence-corrected chi connectivity index (χ4v) is 4.17. The molecular formula is C21H28N4O2. The topological polar surface area (TPSA) is 52.8 Å². The number of aryl methyl sites for hydroxylation is 2. The second kappa shape index (κ2) is 7.82. The highest BCUT2D eigenvalue weighted by molar-refractivity contribution is 5.96. The lowest BCUT2D eigenvalue weighted by atomic mass is 10.1. The first kappa shape index (κ1) is 18.2. The van der Waals surface area contributed by atoms with E-state index in [0.29, 0.717) is 6.54 Å². The molecule has 0 aliphatic carbocycles. The van der Waals surface area contributed by atoms with Crippen LogP contribution in [0.1, 0.15) is 22.6 Å². The van der Waals surface area contributed by atoms with E-state index in [1.165, 1.54) is 11.1 Å². The molecule has 0 unspecified atom stereocenters. The van der Waals surface area contributed by atoms with Crippen molar-refractivity contribution in [3.8, 4) is 0 Å². The van der Waals surface area contributed by atoms with E-state index in [-0.39, 0.29) is 5.91 Å². The molecule has 2 aromatic rings. The summed E-state index contributed by atoms with van der Waals surface area (Å²) in [6.45, 7) is 10.2. The Morgan fingerprint density at radius 3 is 2.56 bits per heavy atom. The number of nitrogens with zero attached hydrogens (tertiary/aromatic N) is 4. The van der Waals surface area contributed by atoms with Crippen molar-refractivity contribution < 1.29 is 9.32 Å². The molecule has 0 bridgehead atoms. The van der Waals surface area contributed by atoms with Crippen LogP contribution in [0.2, 0.25) is 0 Å². The van der Waals surface area contributed by atoms with Gasteiger partial charge in [0.05, 0.1) is 12.2 Å². The molecule has 0 atom stereocenters. The molecule has 144 valence electrons. The smallest absolute Gasteiger partial charge is 0.241 e. The molecule has 0 spiro atoms. The SMILES string of the molecule is Cc1noc(C)c1CCN1CCN(CC(=O)N2CCc3ccccc32)CC1. The predicted molar refractivity (Wildman–Crippen MR) is 105 cm³/mol. The van der Waals surface area contributed by atoms with Crippen LogP contribution in [0.4, 0.5) is 5.69 Å². The predicted octanol–water partition coefficient (Wildman–Crippen LogP) is 2.04. The zero-order chi connectivity index (χ0) is 18.8. The van der Waals surface area contributed by atoms with Gasteiger partial charge < -0.3 is 14.3 Å². The summed E-state index contributed by atoms with van der Waals surface area (Å²) in [4.78, 5) is 19.5. The Balaban J connectivity index is 1.25. The van der Waals surface area contributed by atoms with Gasteiger partial charge >= 0.3 is 0 Å². The van der Waals surface area contributed by atoms with Gasteiger partial charge in [0.1, 0.15) is 5.76 Å². The largest absolute Gasteiger partial charge is 0.361 e. The maximum Gasteiger partial charge on any atom is 0.241 e. The Kier molecular flexibility index (Phi) is 5.27. The van der Waals surface area contributed by atoms with Crippen molar-refractivity contribution >= 4 is 11.6 Å². The Morgan fingerprint density at radius 1 is 1.07 bits per heavy atom. The summed E-state index contributed by atoms with van der Waals surface area (Å²) in [5, 5.41) is 4.03. The van der Waals surface area contributed by atoms with Gasteiger partial charge in [0, 0.05) is 50.5 Å². The van der Waals surface area contributed by atoms with Crippen molar-refractivity contribution in [1.82, 2.24) is 15.0 Å².